The zero-order valence-electron chi connectivity index (χ0n) is 20.2. The molecule has 13 heteroatoms. The van der Waals surface area contributed by atoms with E-state index in [0.717, 1.165) is 12.1 Å². The summed E-state index contributed by atoms with van der Waals surface area (Å²) in [5, 5.41) is 0. The lowest BCUT2D eigenvalue weighted by Crippen LogP contribution is -2.53. The topological polar surface area (TPSA) is 79.4 Å². The maximum atomic E-state index is 13.9. The van der Waals surface area contributed by atoms with Gasteiger partial charge in [0.1, 0.15) is 42.4 Å². The number of hydrogen-bond acceptors (Lipinski definition) is 7. The Bertz CT molecular complexity index is 1150. The number of amides is 1. The molecule has 2 aromatic rings. The molecule has 2 atom stereocenters. The number of carbonyl (C=O) groups is 1. The van der Waals surface area contributed by atoms with E-state index in [4.69, 9.17) is 21.7 Å². The van der Waals surface area contributed by atoms with Crippen molar-refractivity contribution in [2.24, 2.45) is 0 Å². The van der Waals surface area contributed by atoms with Gasteiger partial charge in [0.15, 0.2) is 5.75 Å². The summed E-state index contributed by atoms with van der Waals surface area (Å²) in [6.07, 6.45) is -5.94. The minimum Gasteiger partial charge on any atom is -0.486 e. The molecule has 0 radical (unpaired) electrons. The van der Waals surface area contributed by atoms with Crippen LogP contribution in [0.25, 0.3) is 0 Å². The van der Waals surface area contributed by atoms with Crippen LogP contribution in [0.3, 0.4) is 0 Å². The number of ether oxygens (including phenoxy) is 5. The van der Waals surface area contributed by atoms with E-state index in [0.29, 0.717) is 6.07 Å². The molecule has 2 aliphatic rings. The summed E-state index contributed by atoms with van der Waals surface area (Å²) in [5.41, 5.74) is -1.59. The Morgan fingerprint density at radius 1 is 1.26 bits per heavy atom. The highest BCUT2D eigenvalue weighted by atomic mass is 19.4. The lowest BCUT2D eigenvalue weighted by atomic mass is 9.82. The van der Waals surface area contributed by atoms with Gasteiger partial charge in [-0.3, -0.25) is 9.53 Å². The van der Waals surface area contributed by atoms with Crippen molar-refractivity contribution in [3.8, 4) is 11.6 Å². The van der Waals surface area contributed by atoms with Gasteiger partial charge in [-0.2, -0.15) is 0 Å². The summed E-state index contributed by atoms with van der Waals surface area (Å²) >= 11 is 0. The SMILES string of the molecule is [2H]C1([2H])OC2CN(C(=O)c3ccc(OCCOC(F)(F)F)c(OC)n3)CC[C@]2(c2cc(F)cc(F)c2)O1. The van der Waals surface area contributed by atoms with Crippen LogP contribution in [-0.4, -0.2) is 68.4 Å². The number of benzene rings is 1. The van der Waals surface area contributed by atoms with Crippen molar-refractivity contribution in [1.29, 1.82) is 0 Å². The van der Waals surface area contributed by atoms with Crippen LogP contribution < -0.4 is 9.47 Å². The Balaban J connectivity index is 1.50. The third kappa shape index (κ3) is 5.46. The van der Waals surface area contributed by atoms with Gasteiger partial charge in [-0.05, 0) is 29.8 Å². The molecule has 0 N–H and O–H groups in total. The molecular formula is C22H21F5N2O6. The number of hydrogen-bond donors (Lipinski definition) is 0. The van der Waals surface area contributed by atoms with E-state index in [1.54, 1.807) is 0 Å². The Morgan fingerprint density at radius 2 is 2.00 bits per heavy atom. The Morgan fingerprint density at radius 3 is 2.69 bits per heavy atom. The van der Waals surface area contributed by atoms with Crippen LogP contribution >= 0.6 is 0 Å². The molecule has 0 spiro atoms. The number of aromatic nitrogens is 1. The number of fused-ring (bicyclic) bond motifs is 1. The van der Waals surface area contributed by atoms with Crippen LogP contribution in [0, 0.1) is 11.6 Å². The molecule has 2 saturated heterocycles. The van der Waals surface area contributed by atoms with Crippen molar-refractivity contribution >= 4 is 5.91 Å². The fourth-order valence-electron chi connectivity index (χ4n) is 3.95. The molecule has 3 heterocycles. The molecule has 0 aliphatic carbocycles. The second-order valence-corrected chi connectivity index (χ2v) is 7.69. The van der Waals surface area contributed by atoms with Crippen molar-refractivity contribution < 1.29 is 53.2 Å². The predicted molar refractivity (Wildman–Crippen MR) is 108 cm³/mol. The third-order valence-corrected chi connectivity index (χ3v) is 5.56. The Labute approximate surface area is 199 Å². The predicted octanol–water partition coefficient (Wildman–Crippen LogP) is 3.40. The first-order valence-corrected chi connectivity index (χ1v) is 10.3. The largest absolute Gasteiger partial charge is 0.522 e. The second kappa shape index (κ2) is 9.91. The number of carbonyl (C=O) groups excluding carboxylic acids is 1. The molecule has 0 saturated carbocycles. The number of nitrogens with zero attached hydrogens (tertiary/aromatic N) is 2. The molecule has 4 rings (SSSR count). The highest BCUT2D eigenvalue weighted by molar-refractivity contribution is 5.92. The van der Waals surface area contributed by atoms with E-state index in [-0.39, 0.29) is 42.4 Å². The molecule has 8 nitrogen and oxygen atoms in total. The summed E-state index contributed by atoms with van der Waals surface area (Å²) in [6, 6.07) is 5.31. The molecule has 1 unspecified atom stereocenters. The quantitative estimate of drug-likeness (QED) is 0.421. The summed E-state index contributed by atoms with van der Waals surface area (Å²) < 4.78 is 105. The van der Waals surface area contributed by atoms with Gasteiger partial charge in [-0.15, -0.1) is 13.2 Å². The highest BCUT2D eigenvalue weighted by Crippen LogP contribution is 2.43. The van der Waals surface area contributed by atoms with Crippen LogP contribution in [-0.2, 0) is 19.8 Å². The molecule has 1 aromatic heterocycles. The third-order valence-electron chi connectivity index (χ3n) is 5.56. The minimum absolute atomic E-state index is 0.00390. The summed E-state index contributed by atoms with van der Waals surface area (Å²) in [7, 11) is 1.23. The van der Waals surface area contributed by atoms with Gasteiger partial charge >= 0.3 is 6.36 Å². The van der Waals surface area contributed by atoms with Crippen molar-refractivity contribution in [2.75, 3.05) is 40.2 Å². The smallest absolute Gasteiger partial charge is 0.486 e. The van der Waals surface area contributed by atoms with Gasteiger partial charge < -0.3 is 23.8 Å². The monoisotopic (exact) mass is 506 g/mol. The normalized spacial score (nSPS) is 24.4. The molecule has 1 aromatic carbocycles. The van der Waals surface area contributed by atoms with Gasteiger partial charge in [-0.1, -0.05) is 0 Å². The van der Waals surface area contributed by atoms with Crippen LogP contribution in [0.15, 0.2) is 30.3 Å². The fourth-order valence-corrected chi connectivity index (χ4v) is 3.95. The van der Waals surface area contributed by atoms with E-state index in [1.807, 2.05) is 0 Å². The van der Waals surface area contributed by atoms with Crippen molar-refractivity contribution in [3.05, 3.63) is 53.2 Å². The van der Waals surface area contributed by atoms with Crippen molar-refractivity contribution in [2.45, 2.75) is 24.5 Å². The van der Waals surface area contributed by atoms with Gasteiger partial charge in [-0.25, -0.2) is 13.8 Å². The van der Waals surface area contributed by atoms with Crippen molar-refractivity contribution in [3.63, 3.8) is 0 Å². The number of pyridine rings is 1. The summed E-state index contributed by atoms with van der Waals surface area (Å²) in [5.74, 6) is -2.52. The van der Waals surface area contributed by atoms with Gasteiger partial charge in [0.2, 0.25) is 0 Å². The van der Waals surface area contributed by atoms with E-state index < -0.39 is 55.6 Å². The molecule has 2 fully saturated rings. The van der Waals surface area contributed by atoms with Gasteiger partial charge in [0, 0.05) is 19.0 Å². The number of halogens is 5. The fraction of sp³-hybridized carbons (Fsp3) is 0.455. The van der Waals surface area contributed by atoms with Crippen LogP contribution in [0.1, 0.15) is 25.2 Å². The molecule has 0 bridgehead atoms. The van der Waals surface area contributed by atoms with Gasteiger partial charge in [0.25, 0.3) is 11.8 Å². The molecule has 2 aliphatic heterocycles. The number of rotatable bonds is 7. The molecule has 1 amide bonds. The van der Waals surface area contributed by atoms with E-state index in [9.17, 15) is 26.7 Å². The number of likely N-dealkylation sites (tertiary alicyclic amines) is 1. The summed E-state index contributed by atoms with van der Waals surface area (Å²) in [6.45, 7) is -3.98. The lowest BCUT2D eigenvalue weighted by Gasteiger charge is -2.41. The average Bonchev–Trinajstić information content (AvgIpc) is 3.10. The van der Waals surface area contributed by atoms with Crippen LogP contribution in [0.2, 0.25) is 0 Å². The van der Waals surface area contributed by atoms with E-state index in [1.165, 1.54) is 24.1 Å². The highest BCUT2D eigenvalue weighted by Gasteiger charge is 2.51. The van der Waals surface area contributed by atoms with Gasteiger partial charge in [0.05, 0.1) is 23.0 Å². The van der Waals surface area contributed by atoms with Crippen LogP contribution in [0.5, 0.6) is 11.6 Å². The molecular weight excluding hydrogens is 483 g/mol. The molecule has 35 heavy (non-hydrogen) atoms. The first kappa shape index (κ1) is 22.4. The van der Waals surface area contributed by atoms with E-state index in [2.05, 4.69) is 9.72 Å². The van der Waals surface area contributed by atoms with Crippen molar-refractivity contribution in [1.82, 2.24) is 9.88 Å². The maximum Gasteiger partial charge on any atom is 0.522 e. The standard InChI is InChI=1S/C22H21F5N2O6/c1-31-19-17(32-6-7-34-22(25,26)27)3-2-16(28-19)20(30)29-5-4-21(18(11-29)33-12-35-21)13-8-14(23)10-15(24)9-13/h2-3,8-10,18H,4-7,11-12H2,1H3/t18?,21-/m1/s1/i12D2. The number of methoxy groups -OCH3 is 1. The maximum absolute atomic E-state index is 13.9. The van der Waals surface area contributed by atoms with E-state index >= 15 is 0 Å². The molecule has 190 valence electrons. The average molecular weight is 506 g/mol. The van der Waals surface area contributed by atoms with Crippen LogP contribution in [0.4, 0.5) is 22.0 Å². The number of piperidine rings is 1. The Hall–Kier alpha value is -3.03. The first-order valence-electron chi connectivity index (χ1n) is 11.3. The zero-order chi connectivity index (χ0) is 27.0. The second-order valence-electron chi connectivity index (χ2n) is 7.69. The number of alkyl halides is 3. The Kier molecular flexibility index (Phi) is 6.35. The first-order chi connectivity index (χ1) is 17.3. The zero-order valence-corrected chi connectivity index (χ0v) is 18.2. The minimum atomic E-state index is -4.80. The summed E-state index contributed by atoms with van der Waals surface area (Å²) in [4.78, 5) is 18.5. The lowest BCUT2D eigenvalue weighted by molar-refractivity contribution is -0.325.